The average molecular weight is 325 g/mol. The van der Waals surface area contributed by atoms with Crippen molar-refractivity contribution in [3.05, 3.63) is 46.4 Å². The van der Waals surface area contributed by atoms with E-state index in [1.807, 2.05) is 32.2 Å². The summed E-state index contributed by atoms with van der Waals surface area (Å²) in [5, 5.41) is 4.72. The lowest BCUT2D eigenvalue weighted by Crippen LogP contribution is -2.30. The molecule has 2 aromatic rings. The fraction of sp³-hybridized carbons (Fsp3) is 0.357. The summed E-state index contributed by atoms with van der Waals surface area (Å²) in [4.78, 5) is 5.56. The minimum absolute atomic E-state index is 0.289. The van der Waals surface area contributed by atoms with Gasteiger partial charge in [-0.15, -0.1) is 11.3 Å². The van der Waals surface area contributed by atoms with Gasteiger partial charge in [-0.1, -0.05) is 13.0 Å². The highest BCUT2D eigenvalue weighted by Crippen LogP contribution is 2.23. The summed E-state index contributed by atoms with van der Waals surface area (Å²) in [6.07, 6.45) is 1.67. The van der Waals surface area contributed by atoms with Crippen LogP contribution in [0.3, 0.4) is 0 Å². The minimum Gasteiger partial charge on any atom is -0.315 e. The van der Waals surface area contributed by atoms with E-state index in [0.717, 1.165) is 10.6 Å². The molecule has 0 aliphatic rings. The fourth-order valence-electron chi connectivity index (χ4n) is 1.95. The van der Waals surface area contributed by atoms with Crippen LogP contribution >= 0.6 is 11.3 Å². The molecule has 21 heavy (non-hydrogen) atoms. The number of hydrogen-bond donors (Lipinski definition) is 1. The van der Waals surface area contributed by atoms with E-state index in [0.29, 0.717) is 18.0 Å². The molecule has 0 aromatic carbocycles. The monoisotopic (exact) mass is 325 g/mol. The molecule has 0 amide bonds. The Balaban J connectivity index is 2.22. The van der Waals surface area contributed by atoms with Crippen molar-refractivity contribution in [3.8, 4) is 0 Å². The molecule has 7 heteroatoms. The molecule has 0 saturated heterocycles. The van der Waals surface area contributed by atoms with Crippen LogP contribution in [0.15, 0.2) is 40.7 Å². The normalized spacial score (nSPS) is 12.0. The van der Waals surface area contributed by atoms with Crippen molar-refractivity contribution >= 4 is 21.4 Å². The molecule has 0 bridgehead atoms. The molecule has 0 fully saturated rings. The van der Waals surface area contributed by atoms with Crippen LogP contribution in [0.1, 0.15) is 17.5 Å². The molecule has 0 aliphatic heterocycles. The quantitative estimate of drug-likeness (QED) is 0.846. The Morgan fingerprint density at radius 1 is 1.38 bits per heavy atom. The zero-order chi connectivity index (χ0) is 15.3. The zero-order valence-corrected chi connectivity index (χ0v) is 13.7. The van der Waals surface area contributed by atoms with Gasteiger partial charge in [-0.05, 0) is 25.2 Å². The highest BCUT2D eigenvalue weighted by Gasteiger charge is 2.24. The summed E-state index contributed by atoms with van der Waals surface area (Å²) in [5.74, 6) is 0. The Bertz CT molecular complexity index is 669. The number of aromatic nitrogens is 1. The average Bonchev–Trinajstić information content (AvgIpc) is 2.95. The number of hydrogen-bond acceptors (Lipinski definition) is 5. The van der Waals surface area contributed by atoms with Crippen LogP contribution in [0.2, 0.25) is 0 Å². The van der Waals surface area contributed by atoms with Crippen LogP contribution in [0.5, 0.6) is 0 Å². The second kappa shape index (κ2) is 7.13. The molecule has 0 unspecified atom stereocenters. The first kappa shape index (κ1) is 16.1. The van der Waals surface area contributed by atoms with E-state index in [1.54, 1.807) is 17.6 Å². The van der Waals surface area contributed by atoms with Gasteiger partial charge in [0.05, 0.1) is 17.1 Å². The topological polar surface area (TPSA) is 62.3 Å². The minimum atomic E-state index is -3.47. The van der Waals surface area contributed by atoms with Crippen molar-refractivity contribution in [2.45, 2.75) is 24.9 Å². The van der Waals surface area contributed by atoms with Crippen LogP contribution in [0, 0.1) is 0 Å². The van der Waals surface area contributed by atoms with Gasteiger partial charge in [-0.3, -0.25) is 4.98 Å². The fourth-order valence-corrected chi connectivity index (χ4v) is 4.65. The van der Waals surface area contributed by atoms with Crippen LogP contribution < -0.4 is 5.32 Å². The molecule has 2 heterocycles. The smallest absolute Gasteiger partial charge is 0.244 e. The summed E-state index contributed by atoms with van der Waals surface area (Å²) in [6, 6.07) is 7.24. The van der Waals surface area contributed by atoms with E-state index < -0.39 is 10.0 Å². The number of nitrogens with zero attached hydrogens (tertiary/aromatic N) is 2. The molecule has 114 valence electrons. The van der Waals surface area contributed by atoms with E-state index in [9.17, 15) is 8.42 Å². The third kappa shape index (κ3) is 3.88. The molecule has 2 rings (SSSR count). The van der Waals surface area contributed by atoms with Crippen molar-refractivity contribution in [2.75, 3.05) is 13.6 Å². The van der Waals surface area contributed by atoms with Crippen molar-refractivity contribution in [2.24, 2.45) is 0 Å². The molecule has 5 nitrogen and oxygen atoms in total. The predicted octanol–water partition coefficient (Wildman–Crippen LogP) is 2.07. The number of nitrogens with one attached hydrogen (secondary N) is 1. The first-order chi connectivity index (χ1) is 10.1. The van der Waals surface area contributed by atoms with Crippen molar-refractivity contribution in [1.29, 1.82) is 0 Å². The lowest BCUT2D eigenvalue weighted by Gasteiger charge is -2.19. The van der Waals surface area contributed by atoms with Gasteiger partial charge >= 0.3 is 0 Å². The van der Waals surface area contributed by atoms with Crippen LogP contribution in [-0.2, 0) is 23.1 Å². The van der Waals surface area contributed by atoms with E-state index in [4.69, 9.17) is 0 Å². The molecule has 0 saturated carbocycles. The Morgan fingerprint density at radius 2 is 2.19 bits per heavy atom. The highest BCUT2D eigenvalue weighted by molar-refractivity contribution is 7.89. The summed E-state index contributed by atoms with van der Waals surface area (Å²) in [5.41, 5.74) is 0.744. The number of rotatable bonds is 7. The number of pyridine rings is 1. The largest absolute Gasteiger partial charge is 0.315 e. The maximum Gasteiger partial charge on any atom is 0.244 e. The maximum absolute atomic E-state index is 12.7. The Hall–Kier alpha value is -1.28. The van der Waals surface area contributed by atoms with Crippen LogP contribution in [-0.4, -0.2) is 31.3 Å². The van der Waals surface area contributed by atoms with E-state index in [-0.39, 0.29) is 6.54 Å². The lowest BCUT2D eigenvalue weighted by atomic mass is 10.3. The van der Waals surface area contributed by atoms with Gasteiger partial charge in [0.2, 0.25) is 10.0 Å². The van der Waals surface area contributed by atoms with E-state index >= 15 is 0 Å². The van der Waals surface area contributed by atoms with Crippen molar-refractivity contribution in [3.63, 3.8) is 0 Å². The predicted molar refractivity (Wildman–Crippen MR) is 84.6 cm³/mol. The van der Waals surface area contributed by atoms with Gasteiger partial charge < -0.3 is 5.32 Å². The Morgan fingerprint density at radius 3 is 2.81 bits per heavy atom. The number of thiophene rings is 1. The molecule has 0 spiro atoms. The summed E-state index contributed by atoms with van der Waals surface area (Å²) >= 11 is 1.45. The third-order valence-electron chi connectivity index (χ3n) is 3.04. The first-order valence-electron chi connectivity index (χ1n) is 6.70. The standard InChI is InChI=1S/C14H19N3O2S2/c1-3-17(10-12-6-4-5-7-16-12)21(18,19)14-8-13(9-15-2)20-11-14/h4-8,11,15H,3,9-10H2,1-2H3. The lowest BCUT2D eigenvalue weighted by molar-refractivity contribution is 0.419. The molecule has 1 N–H and O–H groups in total. The van der Waals surface area contributed by atoms with E-state index in [2.05, 4.69) is 10.3 Å². The van der Waals surface area contributed by atoms with Gasteiger partial charge in [0.15, 0.2) is 0 Å². The van der Waals surface area contributed by atoms with Gasteiger partial charge in [0.25, 0.3) is 0 Å². The second-order valence-corrected chi connectivity index (χ2v) is 7.47. The summed E-state index contributed by atoms with van der Waals surface area (Å²) in [7, 11) is -1.63. The van der Waals surface area contributed by atoms with Crippen molar-refractivity contribution in [1.82, 2.24) is 14.6 Å². The summed E-state index contributed by atoms with van der Waals surface area (Å²) < 4.78 is 26.8. The van der Waals surface area contributed by atoms with Gasteiger partial charge in [-0.2, -0.15) is 4.31 Å². The molecule has 0 atom stereocenters. The highest BCUT2D eigenvalue weighted by atomic mass is 32.2. The summed E-state index contributed by atoms with van der Waals surface area (Å²) in [6.45, 7) is 3.21. The SMILES string of the molecule is CCN(Cc1ccccn1)S(=O)(=O)c1csc(CNC)c1. The van der Waals surface area contributed by atoms with Gasteiger partial charge in [0, 0.05) is 29.5 Å². The van der Waals surface area contributed by atoms with Crippen LogP contribution in [0.4, 0.5) is 0 Å². The molecule has 2 aromatic heterocycles. The molecule has 0 radical (unpaired) electrons. The molecule has 0 aliphatic carbocycles. The third-order valence-corrected chi connectivity index (χ3v) is 6.02. The van der Waals surface area contributed by atoms with Gasteiger partial charge in [-0.25, -0.2) is 8.42 Å². The Kier molecular flexibility index (Phi) is 5.46. The zero-order valence-electron chi connectivity index (χ0n) is 12.1. The first-order valence-corrected chi connectivity index (χ1v) is 9.02. The van der Waals surface area contributed by atoms with Crippen molar-refractivity contribution < 1.29 is 8.42 Å². The number of sulfonamides is 1. The van der Waals surface area contributed by atoms with E-state index in [1.165, 1.54) is 15.6 Å². The maximum atomic E-state index is 12.7. The van der Waals surface area contributed by atoms with Crippen LogP contribution in [0.25, 0.3) is 0 Å². The Labute approximate surface area is 129 Å². The molecular weight excluding hydrogens is 306 g/mol. The second-order valence-electron chi connectivity index (χ2n) is 4.53. The molecular formula is C14H19N3O2S2. The van der Waals surface area contributed by atoms with Gasteiger partial charge in [0.1, 0.15) is 0 Å².